The van der Waals surface area contributed by atoms with Gasteiger partial charge in [-0.15, -0.1) is 0 Å². The van der Waals surface area contributed by atoms with Crippen LogP contribution in [0.5, 0.6) is 0 Å². The molecule has 0 amide bonds. The highest BCUT2D eigenvalue weighted by Crippen LogP contribution is 2.33. The first-order valence-electron chi connectivity index (χ1n) is 8.43. The van der Waals surface area contributed by atoms with Crippen molar-refractivity contribution in [2.75, 3.05) is 6.61 Å². The first-order valence-corrected chi connectivity index (χ1v) is 8.43. The lowest BCUT2D eigenvalue weighted by molar-refractivity contribution is -0.170. The number of esters is 2. The van der Waals surface area contributed by atoms with Crippen molar-refractivity contribution in [3.05, 3.63) is 71.8 Å². The zero-order chi connectivity index (χ0) is 19.4. The van der Waals surface area contributed by atoms with E-state index < -0.39 is 36.0 Å². The predicted molar refractivity (Wildman–Crippen MR) is 93.9 cm³/mol. The van der Waals surface area contributed by atoms with Gasteiger partial charge in [0.2, 0.25) is 0 Å². The summed E-state index contributed by atoms with van der Waals surface area (Å²) >= 11 is 0. The molecule has 2 N–H and O–H groups in total. The molecule has 142 valence electrons. The minimum Gasteiger partial charge on any atom is -0.459 e. The Hall–Kier alpha value is -2.74. The number of benzene rings is 2. The summed E-state index contributed by atoms with van der Waals surface area (Å²) in [7, 11) is 0. The zero-order valence-corrected chi connectivity index (χ0v) is 14.6. The van der Waals surface area contributed by atoms with E-state index in [0.717, 1.165) is 0 Å². The molecular weight excluding hydrogens is 352 g/mol. The Morgan fingerprint density at radius 2 is 1.52 bits per heavy atom. The number of aliphatic hydroxyl groups is 2. The molecule has 0 unspecified atom stereocenters. The van der Waals surface area contributed by atoms with Gasteiger partial charge in [0.05, 0.1) is 11.1 Å². The van der Waals surface area contributed by atoms with E-state index >= 15 is 0 Å². The molecule has 0 aliphatic carbocycles. The smallest absolute Gasteiger partial charge is 0.338 e. The van der Waals surface area contributed by atoms with Crippen molar-refractivity contribution in [3.8, 4) is 0 Å². The van der Waals surface area contributed by atoms with Gasteiger partial charge >= 0.3 is 11.9 Å². The van der Waals surface area contributed by atoms with Gasteiger partial charge in [-0.25, -0.2) is 9.59 Å². The van der Waals surface area contributed by atoms with Crippen molar-refractivity contribution < 1.29 is 34.0 Å². The molecule has 3 rings (SSSR count). The summed E-state index contributed by atoms with van der Waals surface area (Å²) in [5, 5.41) is 20.4. The van der Waals surface area contributed by atoms with Gasteiger partial charge in [0, 0.05) is 0 Å². The Morgan fingerprint density at radius 1 is 1.00 bits per heavy atom. The number of carbonyl (C=O) groups excluding carboxylic acids is 2. The van der Waals surface area contributed by atoms with Gasteiger partial charge in [-0.05, 0) is 31.2 Å². The monoisotopic (exact) mass is 372 g/mol. The molecule has 1 aliphatic heterocycles. The molecule has 7 heteroatoms. The third kappa shape index (κ3) is 4.16. The van der Waals surface area contributed by atoms with Gasteiger partial charge in [0.15, 0.2) is 18.0 Å². The molecular formula is C20H20O7. The van der Waals surface area contributed by atoms with Crippen LogP contribution in [0.25, 0.3) is 0 Å². The molecule has 4 atom stereocenters. The quantitative estimate of drug-likeness (QED) is 0.768. The number of carbonyl (C=O) groups is 2. The lowest BCUT2D eigenvalue weighted by Gasteiger charge is -2.27. The average molecular weight is 372 g/mol. The second kappa shape index (κ2) is 7.87. The van der Waals surface area contributed by atoms with Crippen LogP contribution >= 0.6 is 0 Å². The molecule has 7 nitrogen and oxygen atoms in total. The van der Waals surface area contributed by atoms with Gasteiger partial charge in [0.1, 0.15) is 12.7 Å². The summed E-state index contributed by atoms with van der Waals surface area (Å²) in [6.45, 7) is 0.993. The van der Waals surface area contributed by atoms with Gasteiger partial charge < -0.3 is 24.4 Å². The first-order chi connectivity index (χ1) is 12.9. The van der Waals surface area contributed by atoms with Crippen LogP contribution in [-0.2, 0) is 14.2 Å². The minimum absolute atomic E-state index is 0.287. The molecule has 0 aromatic heterocycles. The number of hydrogen-bond acceptors (Lipinski definition) is 7. The number of aliphatic hydroxyl groups excluding tert-OH is 1. The number of rotatable bonds is 5. The van der Waals surface area contributed by atoms with Crippen molar-refractivity contribution in [2.24, 2.45) is 0 Å². The van der Waals surface area contributed by atoms with Crippen LogP contribution in [0.4, 0.5) is 0 Å². The Morgan fingerprint density at radius 3 is 2.07 bits per heavy atom. The second-order valence-corrected chi connectivity index (χ2v) is 6.41. The lowest BCUT2D eigenvalue weighted by Crippen LogP contribution is -2.48. The van der Waals surface area contributed by atoms with Crippen molar-refractivity contribution in [1.29, 1.82) is 0 Å². The van der Waals surface area contributed by atoms with Crippen LogP contribution in [0.2, 0.25) is 0 Å². The molecule has 0 radical (unpaired) electrons. The Balaban J connectivity index is 1.69. The minimum atomic E-state index is -1.85. The average Bonchev–Trinajstić information content (AvgIpc) is 2.90. The highest BCUT2D eigenvalue weighted by Gasteiger charge is 2.55. The van der Waals surface area contributed by atoms with E-state index in [0.29, 0.717) is 5.56 Å². The summed E-state index contributed by atoms with van der Waals surface area (Å²) in [6, 6.07) is 16.6. The van der Waals surface area contributed by atoms with E-state index in [9.17, 15) is 19.8 Å². The van der Waals surface area contributed by atoms with E-state index in [2.05, 4.69) is 0 Å². The van der Waals surface area contributed by atoms with Crippen LogP contribution in [0, 0.1) is 0 Å². The molecule has 0 saturated carbocycles. The SMILES string of the molecule is C[C@@]1(O)[C@H](OC(=O)c2ccccc2)[C@@H](COC(=O)c2ccccc2)O[C@@H]1O. The molecule has 1 saturated heterocycles. The fourth-order valence-corrected chi connectivity index (χ4v) is 2.79. The number of ether oxygens (including phenoxy) is 3. The van der Waals surface area contributed by atoms with Crippen molar-refractivity contribution in [1.82, 2.24) is 0 Å². The van der Waals surface area contributed by atoms with Crippen LogP contribution in [0.3, 0.4) is 0 Å². The molecule has 2 aromatic carbocycles. The number of hydrogen-bond donors (Lipinski definition) is 2. The van der Waals surface area contributed by atoms with Crippen molar-refractivity contribution >= 4 is 11.9 Å². The van der Waals surface area contributed by atoms with Crippen LogP contribution in [-0.4, -0.2) is 52.9 Å². The fraction of sp³-hybridized carbons (Fsp3) is 0.300. The maximum atomic E-state index is 12.3. The van der Waals surface area contributed by atoms with E-state index in [1.165, 1.54) is 6.92 Å². The van der Waals surface area contributed by atoms with Gasteiger partial charge in [-0.1, -0.05) is 36.4 Å². The van der Waals surface area contributed by atoms with Crippen LogP contribution in [0.1, 0.15) is 27.6 Å². The standard InChI is InChI=1S/C20H20O7/c1-20(24)16(27-18(22)14-10-6-3-7-11-14)15(26-19(20)23)12-25-17(21)13-8-4-2-5-9-13/h2-11,15-16,19,23-24H,12H2,1H3/t15-,16-,19+,20-/m1/s1. The van der Waals surface area contributed by atoms with Gasteiger partial charge in [0.25, 0.3) is 0 Å². The molecule has 27 heavy (non-hydrogen) atoms. The molecule has 1 aliphatic rings. The van der Waals surface area contributed by atoms with Crippen molar-refractivity contribution in [2.45, 2.75) is 31.0 Å². The largest absolute Gasteiger partial charge is 0.459 e. The van der Waals surface area contributed by atoms with Crippen LogP contribution in [0.15, 0.2) is 60.7 Å². The molecule has 1 heterocycles. The van der Waals surface area contributed by atoms with Crippen LogP contribution < -0.4 is 0 Å². The van der Waals surface area contributed by atoms with Crippen molar-refractivity contribution in [3.63, 3.8) is 0 Å². The van der Waals surface area contributed by atoms with Gasteiger partial charge in [-0.3, -0.25) is 0 Å². The van der Waals surface area contributed by atoms with E-state index in [-0.39, 0.29) is 12.2 Å². The lowest BCUT2D eigenvalue weighted by atomic mass is 9.97. The first kappa shape index (κ1) is 19.0. The maximum absolute atomic E-state index is 12.3. The molecule has 2 aromatic rings. The Kier molecular flexibility index (Phi) is 5.55. The zero-order valence-electron chi connectivity index (χ0n) is 14.6. The summed E-state index contributed by atoms with van der Waals surface area (Å²) < 4.78 is 15.8. The molecule has 0 spiro atoms. The molecule has 1 fully saturated rings. The molecule has 0 bridgehead atoms. The third-order valence-electron chi connectivity index (χ3n) is 4.35. The van der Waals surface area contributed by atoms with E-state index in [4.69, 9.17) is 14.2 Å². The van der Waals surface area contributed by atoms with E-state index in [1.54, 1.807) is 60.7 Å². The highest BCUT2D eigenvalue weighted by molar-refractivity contribution is 5.90. The summed E-state index contributed by atoms with van der Waals surface area (Å²) in [5.74, 6) is -1.27. The highest BCUT2D eigenvalue weighted by atomic mass is 16.7. The summed E-state index contributed by atoms with van der Waals surface area (Å²) in [6.07, 6.45) is -3.83. The predicted octanol–water partition coefficient (Wildman–Crippen LogP) is 1.54. The maximum Gasteiger partial charge on any atom is 0.338 e. The normalized spacial score (nSPS) is 27.1. The van der Waals surface area contributed by atoms with Gasteiger partial charge in [-0.2, -0.15) is 0 Å². The summed E-state index contributed by atoms with van der Waals surface area (Å²) in [5.41, 5.74) is -1.22. The Bertz CT molecular complexity index is 788. The third-order valence-corrected chi connectivity index (χ3v) is 4.35. The van der Waals surface area contributed by atoms with E-state index in [1.807, 2.05) is 0 Å². The Labute approximate surface area is 156 Å². The fourth-order valence-electron chi connectivity index (χ4n) is 2.79. The summed E-state index contributed by atoms with van der Waals surface area (Å²) in [4.78, 5) is 24.4. The topological polar surface area (TPSA) is 102 Å². The second-order valence-electron chi connectivity index (χ2n) is 6.41.